The van der Waals surface area contributed by atoms with E-state index in [2.05, 4.69) is 129 Å². The number of ether oxygens (including phenoxy) is 5. The summed E-state index contributed by atoms with van der Waals surface area (Å²) >= 11 is 11.2. The fourth-order valence-electron chi connectivity index (χ4n) is 13.9. The molecular formula is C98H133ClN20O13S3Si2. The van der Waals surface area contributed by atoms with E-state index in [0.717, 1.165) is 113 Å². The Balaban J connectivity index is 0.000000177. The number of likely N-dealkylation sites (N-methyl/N-ethyl adjacent to an activating group) is 2. The Hall–Kier alpha value is -10.8. The number of rotatable bonds is 32. The number of nitrogen functional groups attached to an aromatic ring is 1. The molecule has 3 aliphatic rings. The van der Waals surface area contributed by atoms with Crippen molar-refractivity contribution in [1.82, 2.24) is 85.8 Å². The third-order valence-corrected chi connectivity index (χ3v) is 36.2. The maximum atomic E-state index is 12.9. The number of anilines is 5. The SMILES string of the molecule is CCCC(O)COc1cccc(-c2nc(Nc3nnc(C4CC4)s3)c(C)c(-c3c(C)noc3C)n2)c1.Cc1noc(C)c1-c1nc(-c2cccc(OCC(CN(C)C(=O)OC(C)(C)C)O[Si](C)(C)C(C)(C)C)c2)nc(Cl)c1C.Cc1noc(C)c1-c1nc(-c2cccc(OCC(CN(C)C(=O)OC(C)(C)C)O[Si](C)(C)C(C)(C)C)c2)nc(Nc2nnc(C3CC3)s2)c1C.Nc1nnc(C2CC2)s1. The number of nitrogens with two attached hydrogens (primary N) is 1. The van der Waals surface area contributed by atoms with E-state index >= 15 is 0 Å². The molecule has 5 N–H and O–H groups in total. The minimum Gasteiger partial charge on any atom is -0.491 e. The van der Waals surface area contributed by atoms with Gasteiger partial charge in [-0.05, 0) is 221 Å². The standard InChI is InChI=1S/C36H51N7O5SSi.C31H45ClN4O5Si.C26H30N6O3S.C5H7N3S/c1-21-29(28-22(2)42-47-23(28)3)37-31(38-30(21)39-33-41-40-32(49-33)24-16-17-24)25-14-13-15-26(18-25)45-20-27(48-50(11,12)36(7,8)9)19-43(10)34(44)46-35(4,5)6;1-19-26(25-20(2)35-40-21(25)3)33-28(34-27(19)32)22-14-13-15-23(16-22)38-18-24(41-42(11,12)31(7,8)9)17-36(10)29(37)39-30(4,5)6;1-5-7-19(33)13-34-20-9-6-8-18(12-20)24-27-22(21-15(3)32-35-16(21)4)14(2)23(28-24)29-26-31-30-25(36-26)17-10-11-17;6-5-8-7-4(9-5)3-1-2-3/h13-15,18,24,27H,16-17,19-20H2,1-12H3,(H,37,38,39,41);13-16,24H,17-18H2,1-12H3;6,8-9,12,17,19,33H,5,7,10-11,13H2,1-4H3,(H,27,28,29,31);3H,1-2H2,(H2,6,8). The normalized spacial score (nSPS) is 14.2. The number of benzene rings is 3. The van der Waals surface area contributed by atoms with Gasteiger partial charge >= 0.3 is 12.2 Å². The van der Waals surface area contributed by atoms with Gasteiger partial charge in [0.25, 0.3) is 0 Å². The molecule has 0 bridgehead atoms. The van der Waals surface area contributed by atoms with Gasteiger partial charge < -0.3 is 77.4 Å². The fourth-order valence-corrected chi connectivity index (χ4v) is 19.3. The zero-order valence-electron chi connectivity index (χ0n) is 84.2. The Bertz CT molecular complexity index is 6100. The first-order chi connectivity index (χ1) is 64.4. The summed E-state index contributed by atoms with van der Waals surface area (Å²) in [5, 5.41) is 59.9. The molecule has 12 aromatic rings. The van der Waals surface area contributed by atoms with Crippen LogP contribution in [0.15, 0.2) is 86.4 Å². The lowest BCUT2D eigenvalue weighted by Gasteiger charge is -2.40. The molecule has 0 aliphatic heterocycles. The van der Waals surface area contributed by atoms with Gasteiger partial charge in [-0.3, -0.25) is 0 Å². The molecule has 3 aliphatic carbocycles. The number of hydrogen-bond acceptors (Lipinski definition) is 34. The second-order valence-corrected chi connectivity index (χ2v) is 53.2. The van der Waals surface area contributed by atoms with E-state index in [1.165, 1.54) is 37.0 Å². The predicted molar refractivity (Wildman–Crippen MR) is 542 cm³/mol. The lowest BCUT2D eigenvalue weighted by Crippen LogP contribution is -2.49. The van der Waals surface area contributed by atoms with Crippen molar-refractivity contribution in [2.75, 3.05) is 63.4 Å². The summed E-state index contributed by atoms with van der Waals surface area (Å²) in [6.45, 7) is 53.5. The summed E-state index contributed by atoms with van der Waals surface area (Å²) in [4.78, 5) is 57.9. The number of carbonyl (C=O) groups is 2. The molecule has 137 heavy (non-hydrogen) atoms. The second kappa shape index (κ2) is 44.1. The smallest absolute Gasteiger partial charge is 0.410 e. The number of aryl methyl sites for hydroxylation is 6. The molecule has 33 nitrogen and oxygen atoms in total. The van der Waals surface area contributed by atoms with Gasteiger partial charge in [0.05, 0.1) is 82.3 Å². The number of aliphatic hydroxyl groups excluding tert-OH is 1. The molecule has 39 heteroatoms. The Kier molecular flexibility index (Phi) is 33.8. The van der Waals surface area contributed by atoms with Crippen LogP contribution in [0, 0.1) is 62.3 Å². The minimum absolute atomic E-state index is 0.0172. The lowest BCUT2D eigenvalue weighted by atomic mass is 10.0. The van der Waals surface area contributed by atoms with Crippen LogP contribution in [0.4, 0.5) is 36.6 Å². The van der Waals surface area contributed by atoms with Crippen LogP contribution in [0.1, 0.15) is 225 Å². The molecule has 0 saturated heterocycles. The molecule has 9 aromatic heterocycles. The zero-order chi connectivity index (χ0) is 99.7. The quantitative estimate of drug-likeness (QED) is 0.0225. The molecule has 736 valence electrons. The van der Waals surface area contributed by atoms with Crippen LogP contribution in [-0.2, 0) is 18.3 Å². The molecule has 3 fully saturated rings. The lowest BCUT2D eigenvalue weighted by molar-refractivity contribution is 0.0166. The first-order valence-corrected chi connectivity index (χ1v) is 55.1. The topological polar surface area (TPSA) is 408 Å². The van der Waals surface area contributed by atoms with Crippen LogP contribution in [-0.4, -0.2) is 196 Å². The van der Waals surface area contributed by atoms with Gasteiger partial charge in [0.1, 0.15) is 97.4 Å². The van der Waals surface area contributed by atoms with Crippen molar-refractivity contribution < 1.29 is 60.8 Å². The van der Waals surface area contributed by atoms with E-state index in [0.29, 0.717) is 127 Å². The van der Waals surface area contributed by atoms with E-state index in [-0.39, 0.29) is 42.1 Å². The van der Waals surface area contributed by atoms with Gasteiger partial charge in [0.2, 0.25) is 15.4 Å². The number of nitrogens with zero attached hydrogens (tertiary/aromatic N) is 17. The molecule has 3 atom stereocenters. The van der Waals surface area contributed by atoms with Crippen LogP contribution in [0.25, 0.3) is 67.9 Å². The van der Waals surface area contributed by atoms with Crippen LogP contribution >= 0.6 is 45.6 Å². The van der Waals surface area contributed by atoms with Gasteiger partial charge in [-0.15, -0.1) is 30.6 Å². The number of halogens is 1. The Morgan fingerprint density at radius 1 is 0.489 bits per heavy atom. The van der Waals surface area contributed by atoms with Gasteiger partial charge in [-0.2, -0.15) is 0 Å². The highest BCUT2D eigenvalue weighted by atomic mass is 35.5. The average Bonchev–Trinajstić information content (AvgIpc) is 1.65. The second-order valence-electron chi connectivity index (χ2n) is 40.3. The van der Waals surface area contributed by atoms with Crippen LogP contribution in [0.5, 0.6) is 17.2 Å². The summed E-state index contributed by atoms with van der Waals surface area (Å²) < 4.78 is 59.5. The van der Waals surface area contributed by atoms with Crippen LogP contribution < -0.4 is 30.6 Å². The highest BCUT2D eigenvalue weighted by Gasteiger charge is 2.43. The molecule has 0 spiro atoms. The molecule has 3 saturated carbocycles. The number of aliphatic hydroxyl groups is 1. The van der Waals surface area contributed by atoms with Crippen molar-refractivity contribution in [3.05, 3.63) is 144 Å². The number of amides is 2. The van der Waals surface area contributed by atoms with Crippen LogP contribution in [0.3, 0.4) is 0 Å². The Morgan fingerprint density at radius 2 is 0.825 bits per heavy atom. The van der Waals surface area contributed by atoms with Gasteiger partial charge in [0.15, 0.2) is 34.1 Å². The number of carbonyl (C=O) groups excluding carboxylic acids is 2. The van der Waals surface area contributed by atoms with Crippen molar-refractivity contribution in [1.29, 1.82) is 0 Å². The van der Waals surface area contributed by atoms with Crippen molar-refractivity contribution in [3.8, 4) is 85.2 Å². The number of aromatic nitrogens is 15. The Labute approximate surface area is 822 Å². The molecule has 15 rings (SSSR count). The molecular weight excluding hydrogens is 1850 g/mol. The highest BCUT2D eigenvalue weighted by Crippen LogP contribution is 2.47. The van der Waals surface area contributed by atoms with Crippen molar-refractivity contribution >= 4 is 101 Å². The first kappa shape index (κ1) is 105. The van der Waals surface area contributed by atoms with Gasteiger partial charge in [0, 0.05) is 65.2 Å². The largest absolute Gasteiger partial charge is 0.491 e. The van der Waals surface area contributed by atoms with Crippen molar-refractivity contribution in [3.63, 3.8) is 0 Å². The van der Waals surface area contributed by atoms with E-state index in [1.807, 2.05) is 184 Å². The van der Waals surface area contributed by atoms with Gasteiger partial charge in [-0.25, -0.2) is 39.5 Å². The molecule has 3 aromatic carbocycles. The van der Waals surface area contributed by atoms with E-state index < -0.39 is 46.1 Å². The molecule has 3 unspecified atom stereocenters. The molecule has 0 radical (unpaired) electrons. The summed E-state index contributed by atoms with van der Waals surface area (Å²) in [5.41, 5.74) is 15.8. The summed E-state index contributed by atoms with van der Waals surface area (Å²) in [7, 11) is -0.953. The summed E-state index contributed by atoms with van der Waals surface area (Å²) in [6.07, 6.45) is 6.74. The maximum absolute atomic E-state index is 12.9. The predicted octanol–water partition coefficient (Wildman–Crippen LogP) is 23.6. The number of nitrogens with one attached hydrogen (secondary N) is 2. The third kappa shape index (κ3) is 28.5. The fraction of sp³-hybridized carbons (Fsp3) is 0.520. The Morgan fingerprint density at radius 3 is 1.14 bits per heavy atom. The highest BCUT2D eigenvalue weighted by molar-refractivity contribution is 7.16. The van der Waals surface area contributed by atoms with Gasteiger partial charge in [-0.1, -0.05) is 152 Å². The van der Waals surface area contributed by atoms with E-state index in [4.69, 9.17) is 88.4 Å². The van der Waals surface area contributed by atoms with Crippen molar-refractivity contribution in [2.24, 2.45) is 0 Å². The maximum Gasteiger partial charge on any atom is 0.410 e. The average molecular weight is 1990 g/mol. The zero-order valence-corrected chi connectivity index (χ0v) is 89.4. The molecule has 9 heterocycles. The van der Waals surface area contributed by atoms with Crippen molar-refractivity contribution in [2.45, 2.75) is 287 Å². The molecule has 2 amide bonds. The van der Waals surface area contributed by atoms with E-state index in [9.17, 15) is 14.7 Å². The minimum atomic E-state index is -2.21. The first-order valence-electron chi connectivity index (χ1n) is 46.4. The summed E-state index contributed by atoms with van der Waals surface area (Å²) in [5.74, 6) is 8.45. The monoisotopic (exact) mass is 1980 g/mol. The third-order valence-electron chi connectivity index (χ3n) is 23.9. The summed E-state index contributed by atoms with van der Waals surface area (Å²) in [6, 6.07) is 22.8. The van der Waals surface area contributed by atoms with Crippen LogP contribution in [0.2, 0.25) is 41.4 Å². The van der Waals surface area contributed by atoms with E-state index in [1.54, 1.807) is 46.6 Å². The number of hydrogen-bond donors (Lipinski definition) is 4.